The summed E-state index contributed by atoms with van der Waals surface area (Å²) < 4.78 is 6.36. The predicted octanol–water partition coefficient (Wildman–Crippen LogP) is 4.19. The van der Waals surface area contributed by atoms with Crippen LogP contribution < -0.4 is 5.32 Å². The van der Waals surface area contributed by atoms with Gasteiger partial charge in [-0.15, -0.1) is 11.3 Å². The molecule has 0 aliphatic rings. The van der Waals surface area contributed by atoms with Crippen molar-refractivity contribution in [3.8, 4) is 11.3 Å². The summed E-state index contributed by atoms with van der Waals surface area (Å²) in [7, 11) is 0. The monoisotopic (exact) mass is 349 g/mol. The summed E-state index contributed by atoms with van der Waals surface area (Å²) >= 11 is 1.38. The molecule has 4 rings (SSSR count). The van der Waals surface area contributed by atoms with E-state index in [9.17, 15) is 4.79 Å². The second-order valence-electron chi connectivity index (χ2n) is 5.72. The number of nitrogens with zero attached hydrogens (tertiary/aromatic N) is 2. The highest BCUT2D eigenvalue weighted by atomic mass is 32.1. The van der Waals surface area contributed by atoms with Gasteiger partial charge in [0.1, 0.15) is 5.69 Å². The number of para-hydroxylation sites is 1. The Kier molecular flexibility index (Phi) is 4.03. The third-order valence-corrected chi connectivity index (χ3v) is 4.85. The summed E-state index contributed by atoms with van der Waals surface area (Å²) in [6, 6.07) is 17.5. The minimum Gasteiger partial charge on any atom is -0.356 e. The number of fused-ring (bicyclic) bond motifs is 1. The first-order valence-corrected chi connectivity index (χ1v) is 8.67. The number of nitrogens with one attached hydrogen (secondary N) is 1. The van der Waals surface area contributed by atoms with Crippen LogP contribution in [0.3, 0.4) is 0 Å². The Hall–Kier alpha value is -2.99. The van der Waals surface area contributed by atoms with Crippen LogP contribution >= 0.6 is 11.3 Å². The van der Waals surface area contributed by atoms with Gasteiger partial charge in [0.05, 0.1) is 16.8 Å². The number of carbonyl (C=O) groups excluding carboxylic acids is 1. The number of aryl methyl sites for hydroxylation is 1. The first kappa shape index (κ1) is 15.5. The fraction of sp³-hybridized carbons (Fsp3) is 0.105. The van der Waals surface area contributed by atoms with E-state index in [1.54, 1.807) is 0 Å². The van der Waals surface area contributed by atoms with Gasteiger partial charge in [-0.1, -0.05) is 47.1 Å². The normalized spacial score (nSPS) is 10.9. The Morgan fingerprint density at radius 3 is 2.76 bits per heavy atom. The van der Waals surface area contributed by atoms with Gasteiger partial charge in [0.25, 0.3) is 5.91 Å². The highest BCUT2D eigenvalue weighted by molar-refractivity contribution is 7.20. The first-order valence-electron chi connectivity index (χ1n) is 7.85. The zero-order valence-electron chi connectivity index (χ0n) is 13.5. The van der Waals surface area contributed by atoms with Crippen molar-refractivity contribution in [3.63, 3.8) is 0 Å². The van der Waals surface area contributed by atoms with E-state index in [2.05, 4.69) is 15.5 Å². The van der Waals surface area contributed by atoms with Crippen molar-refractivity contribution < 1.29 is 9.32 Å². The molecule has 0 aliphatic heterocycles. The van der Waals surface area contributed by atoms with Crippen LogP contribution in [0.4, 0.5) is 0 Å². The molecule has 25 heavy (non-hydrogen) atoms. The van der Waals surface area contributed by atoms with Crippen molar-refractivity contribution in [2.24, 2.45) is 0 Å². The van der Waals surface area contributed by atoms with Gasteiger partial charge in [-0.2, -0.15) is 0 Å². The second kappa shape index (κ2) is 6.49. The average Bonchev–Trinajstić information content (AvgIpc) is 3.27. The Bertz CT molecular complexity index is 1000. The van der Waals surface area contributed by atoms with Gasteiger partial charge >= 0.3 is 0 Å². The lowest BCUT2D eigenvalue weighted by Gasteiger charge is -1.98. The van der Waals surface area contributed by atoms with Gasteiger partial charge < -0.3 is 9.84 Å². The topological polar surface area (TPSA) is 68.0 Å². The van der Waals surface area contributed by atoms with Crippen LogP contribution in [0.15, 0.2) is 59.1 Å². The molecule has 0 fully saturated rings. The predicted molar refractivity (Wildman–Crippen MR) is 97.5 cm³/mol. The maximum Gasteiger partial charge on any atom is 0.280 e. The highest BCUT2D eigenvalue weighted by Gasteiger charge is 2.13. The maximum absolute atomic E-state index is 12.3. The molecule has 0 atom stereocenters. The summed E-state index contributed by atoms with van der Waals surface area (Å²) in [5.41, 5.74) is 3.65. The Labute approximate surface area is 148 Å². The number of benzene rings is 2. The van der Waals surface area contributed by atoms with Crippen LogP contribution in [-0.2, 0) is 6.54 Å². The highest BCUT2D eigenvalue weighted by Crippen LogP contribution is 2.22. The van der Waals surface area contributed by atoms with Crippen molar-refractivity contribution in [3.05, 3.63) is 70.9 Å². The lowest BCUT2D eigenvalue weighted by molar-refractivity contribution is 0.0950. The van der Waals surface area contributed by atoms with Gasteiger partial charge in [-0.3, -0.25) is 4.79 Å². The van der Waals surface area contributed by atoms with Crippen LogP contribution in [0.5, 0.6) is 0 Å². The zero-order chi connectivity index (χ0) is 17.2. The SMILES string of the molecule is Cc1ccc(-c2cc(CNC(=O)c3nc4ccccc4s3)no2)cc1. The van der Waals surface area contributed by atoms with Crippen molar-refractivity contribution in [2.75, 3.05) is 0 Å². The van der Waals surface area contributed by atoms with E-state index in [4.69, 9.17) is 4.52 Å². The molecule has 0 aliphatic carbocycles. The number of carbonyl (C=O) groups is 1. The van der Waals surface area contributed by atoms with E-state index in [-0.39, 0.29) is 5.91 Å². The molecule has 6 heteroatoms. The number of aromatic nitrogens is 2. The molecule has 124 valence electrons. The van der Waals surface area contributed by atoms with Crippen LogP contribution in [-0.4, -0.2) is 16.0 Å². The first-order chi connectivity index (χ1) is 12.2. The summed E-state index contributed by atoms with van der Waals surface area (Å²) in [5, 5.41) is 7.30. The molecular formula is C19H15N3O2S. The lowest BCUT2D eigenvalue weighted by Crippen LogP contribution is -2.22. The molecule has 0 saturated carbocycles. The Morgan fingerprint density at radius 2 is 1.96 bits per heavy atom. The number of rotatable bonds is 4. The molecule has 5 nitrogen and oxygen atoms in total. The standard InChI is InChI=1S/C19H15N3O2S/c1-12-6-8-13(9-7-12)16-10-14(22-24-16)11-20-18(23)19-21-15-4-2-3-5-17(15)25-19/h2-10H,11H2,1H3,(H,20,23). The maximum atomic E-state index is 12.3. The molecule has 2 aromatic carbocycles. The van der Waals surface area contributed by atoms with E-state index in [1.807, 2.05) is 61.5 Å². The van der Waals surface area contributed by atoms with Crippen LogP contribution in [0, 0.1) is 6.92 Å². The van der Waals surface area contributed by atoms with Gasteiger partial charge in [-0.25, -0.2) is 4.98 Å². The van der Waals surface area contributed by atoms with Crippen LogP contribution in [0.25, 0.3) is 21.5 Å². The van der Waals surface area contributed by atoms with Gasteiger partial charge in [0, 0.05) is 11.6 Å². The molecule has 4 aromatic rings. The van der Waals surface area contributed by atoms with E-state index in [0.29, 0.717) is 23.0 Å². The van der Waals surface area contributed by atoms with Crippen molar-refractivity contribution >= 4 is 27.5 Å². The molecule has 1 N–H and O–H groups in total. The second-order valence-corrected chi connectivity index (χ2v) is 6.75. The average molecular weight is 349 g/mol. The molecule has 0 bridgehead atoms. The largest absolute Gasteiger partial charge is 0.356 e. The Balaban J connectivity index is 1.44. The third kappa shape index (κ3) is 3.29. The molecule has 0 unspecified atom stereocenters. The van der Waals surface area contributed by atoms with Gasteiger partial charge in [0.15, 0.2) is 10.8 Å². The van der Waals surface area contributed by atoms with Crippen LogP contribution in [0.1, 0.15) is 21.1 Å². The van der Waals surface area contributed by atoms with Crippen molar-refractivity contribution in [1.82, 2.24) is 15.5 Å². The summed E-state index contributed by atoms with van der Waals surface area (Å²) in [6.45, 7) is 2.33. The van der Waals surface area contributed by atoms with Gasteiger partial charge in [-0.05, 0) is 19.1 Å². The minimum absolute atomic E-state index is 0.207. The minimum atomic E-state index is -0.207. The molecule has 0 radical (unpaired) electrons. The summed E-state index contributed by atoms with van der Waals surface area (Å²) in [6.07, 6.45) is 0. The molecule has 0 spiro atoms. The smallest absolute Gasteiger partial charge is 0.280 e. The van der Waals surface area contributed by atoms with E-state index >= 15 is 0 Å². The van der Waals surface area contributed by atoms with E-state index < -0.39 is 0 Å². The Morgan fingerprint density at radius 1 is 1.16 bits per heavy atom. The fourth-order valence-electron chi connectivity index (χ4n) is 2.46. The lowest BCUT2D eigenvalue weighted by atomic mass is 10.1. The third-order valence-electron chi connectivity index (χ3n) is 3.81. The molecule has 2 heterocycles. The molecule has 0 saturated heterocycles. The van der Waals surface area contributed by atoms with E-state index in [0.717, 1.165) is 15.8 Å². The number of amides is 1. The van der Waals surface area contributed by atoms with Crippen molar-refractivity contribution in [1.29, 1.82) is 0 Å². The van der Waals surface area contributed by atoms with Crippen molar-refractivity contribution in [2.45, 2.75) is 13.5 Å². The van der Waals surface area contributed by atoms with Crippen LogP contribution in [0.2, 0.25) is 0 Å². The summed E-state index contributed by atoms with van der Waals surface area (Å²) in [5.74, 6) is 0.477. The number of hydrogen-bond donors (Lipinski definition) is 1. The molecule has 1 amide bonds. The number of thiazole rings is 1. The molecule has 2 aromatic heterocycles. The van der Waals surface area contributed by atoms with Gasteiger partial charge in [0.2, 0.25) is 0 Å². The zero-order valence-corrected chi connectivity index (χ0v) is 14.3. The summed E-state index contributed by atoms with van der Waals surface area (Å²) in [4.78, 5) is 16.6. The fourth-order valence-corrected chi connectivity index (χ4v) is 3.35. The quantitative estimate of drug-likeness (QED) is 0.600. The molecular weight excluding hydrogens is 334 g/mol. The van der Waals surface area contributed by atoms with E-state index in [1.165, 1.54) is 16.9 Å². The number of hydrogen-bond acceptors (Lipinski definition) is 5.